The molecule has 1 aromatic heterocycles. The molecule has 1 aliphatic heterocycles. The molecule has 3 rings (SSSR count). The summed E-state index contributed by atoms with van der Waals surface area (Å²) >= 11 is 0. The van der Waals surface area contributed by atoms with Crippen molar-refractivity contribution >= 4 is 11.9 Å². The van der Waals surface area contributed by atoms with Gasteiger partial charge in [0, 0.05) is 6.54 Å². The van der Waals surface area contributed by atoms with Crippen LogP contribution in [0.4, 0.5) is 4.39 Å². The fraction of sp³-hybridized carbons (Fsp3) is 0.375. The van der Waals surface area contributed by atoms with Crippen LogP contribution >= 0.6 is 0 Å². The van der Waals surface area contributed by atoms with Gasteiger partial charge in [-0.2, -0.15) is 0 Å². The van der Waals surface area contributed by atoms with E-state index < -0.39 is 5.97 Å². The lowest BCUT2D eigenvalue weighted by atomic mass is 10.0. The molecule has 1 N–H and O–H groups in total. The van der Waals surface area contributed by atoms with E-state index in [4.69, 9.17) is 5.11 Å². The fourth-order valence-corrected chi connectivity index (χ4v) is 3.05. The number of halogens is 1. The molecule has 7 nitrogen and oxygen atoms in total. The van der Waals surface area contributed by atoms with Crippen molar-refractivity contribution in [1.82, 2.24) is 19.9 Å². The summed E-state index contributed by atoms with van der Waals surface area (Å²) in [5.41, 5.74) is 0.553. The third-order valence-electron chi connectivity index (χ3n) is 4.12. The van der Waals surface area contributed by atoms with E-state index in [1.165, 1.54) is 23.0 Å². The third-order valence-corrected chi connectivity index (χ3v) is 4.12. The molecule has 0 saturated carbocycles. The molecule has 0 spiro atoms. The van der Waals surface area contributed by atoms with Gasteiger partial charge in [-0.3, -0.25) is 4.79 Å². The Morgan fingerprint density at radius 1 is 1.42 bits per heavy atom. The summed E-state index contributed by atoms with van der Waals surface area (Å²) in [5.74, 6) is -1.43. The first-order valence-corrected chi connectivity index (χ1v) is 7.62. The van der Waals surface area contributed by atoms with E-state index in [9.17, 15) is 14.0 Å². The molecule has 2 atom stereocenters. The minimum absolute atomic E-state index is 0.0984. The van der Waals surface area contributed by atoms with E-state index in [2.05, 4.69) is 10.3 Å². The van der Waals surface area contributed by atoms with Crippen LogP contribution in [-0.2, 0) is 11.3 Å². The molecule has 1 aromatic carbocycles. The molecular formula is C16H17FN4O3. The second-order valence-corrected chi connectivity index (χ2v) is 6.06. The summed E-state index contributed by atoms with van der Waals surface area (Å²) in [6, 6.07) is 6.07. The second-order valence-electron chi connectivity index (χ2n) is 6.06. The lowest BCUT2D eigenvalue weighted by Crippen LogP contribution is -2.34. The maximum atomic E-state index is 13.5. The number of hydrogen-bond donors (Lipinski definition) is 1. The minimum Gasteiger partial charge on any atom is -0.476 e. The smallest absolute Gasteiger partial charge is 0.358 e. The Labute approximate surface area is 137 Å². The number of carboxylic acids is 1. The van der Waals surface area contributed by atoms with E-state index in [1.54, 1.807) is 11.0 Å². The molecule has 0 unspecified atom stereocenters. The van der Waals surface area contributed by atoms with Crippen molar-refractivity contribution < 1.29 is 19.1 Å². The summed E-state index contributed by atoms with van der Waals surface area (Å²) in [6.07, 6.45) is 1.98. The summed E-state index contributed by atoms with van der Waals surface area (Å²) in [5, 5.41) is 16.0. The topological polar surface area (TPSA) is 88.3 Å². The Morgan fingerprint density at radius 2 is 2.21 bits per heavy atom. The average molecular weight is 332 g/mol. The van der Waals surface area contributed by atoms with Crippen molar-refractivity contribution in [1.29, 1.82) is 0 Å². The minimum atomic E-state index is -1.19. The zero-order valence-corrected chi connectivity index (χ0v) is 13.1. The molecule has 2 heterocycles. The molecular weight excluding hydrogens is 315 g/mol. The maximum absolute atomic E-state index is 13.5. The number of hydrogen-bond acceptors (Lipinski definition) is 4. The van der Waals surface area contributed by atoms with Crippen LogP contribution < -0.4 is 0 Å². The number of nitrogens with zero attached hydrogens (tertiary/aromatic N) is 4. The average Bonchev–Trinajstić information content (AvgIpc) is 3.14. The van der Waals surface area contributed by atoms with Crippen LogP contribution in [0.2, 0.25) is 0 Å². The second kappa shape index (κ2) is 6.38. The molecule has 8 heteroatoms. The Bertz CT molecular complexity index is 776. The lowest BCUT2D eigenvalue weighted by molar-refractivity contribution is -0.133. The van der Waals surface area contributed by atoms with Gasteiger partial charge in [-0.05, 0) is 30.0 Å². The van der Waals surface area contributed by atoms with Crippen molar-refractivity contribution in [2.75, 3.05) is 6.54 Å². The van der Waals surface area contributed by atoms with Gasteiger partial charge < -0.3 is 10.0 Å². The predicted octanol–water partition coefficient (Wildman–Crippen LogP) is 1.73. The van der Waals surface area contributed by atoms with Gasteiger partial charge in [0.05, 0.1) is 12.2 Å². The molecule has 2 aromatic rings. The number of aromatic carboxylic acids is 1. The van der Waals surface area contributed by atoms with Crippen LogP contribution in [0.5, 0.6) is 0 Å². The van der Waals surface area contributed by atoms with E-state index in [0.717, 1.165) is 12.0 Å². The van der Waals surface area contributed by atoms with Crippen molar-refractivity contribution in [3.05, 3.63) is 47.5 Å². The van der Waals surface area contributed by atoms with E-state index >= 15 is 0 Å². The van der Waals surface area contributed by atoms with Gasteiger partial charge in [-0.1, -0.05) is 24.3 Å². The number of likely N-dealkylation sites (tertiary alicyclic amines) is 1. The largest absolute Gasteiger partial charge is 0.476 e. The highest BCUT2D eigenvalue weighted by Gasteiger charge is 2.34. The Kier molecular flexibility index (Phi) is 4.28. The number of benzene rings is 1. The monoisotopic (exact) mass is 332 g/mol. The maximum Gasteiger partial charge on any atom is 0.358 e. The van der Waals surface area contributed by atoms with Crippen molar-refractivity contribution in [2.24, 2.45) is 5.92 Å². The highest BCUT2D eigenvalue weighted by molar-refractivity contribution is 5.84. The van der Waals surface area contributed by atoms with Gasteiger partial charge in [0.25, 0.3) is 0 Å². The highest BCUT2D eigenvalue weighted by atomic mass is 19.1. The van der Waals surface area contributed by atoms with Gasteiger partial charge in [-0.15, -0.1) is 5.10 Å². The highest BCUT2D eigenvalue weighted by Crippen LogP contribution is 2.35. The molecule has 0 aliphatic carbocycles. The first-order chi connectivity index (χ1) is 11.4. The van der Waals surface area contributed by atoms with E-state index in [0.29, 0.717) is 12.5 Å². The number of carboxylic acid groups (broad SMARTS) is 1. The number of carbonyl (C=O) groups is 2. The van der Waals surface area contributed by atoms with Gasteiger partial charge in [0.15, 0.2) is 5.69 Å². The van der Waals surface area contributed by atoms with Crippen LogP contribution in [0.25, 0.3) is 0 Å². The van der Waals surface area contributed by atoms with Crippen LogP contribution in [-0.4, -0.2) is 43.4 Å². The fourth-order valence-electron chi connectivity index (χ4n) is 3.05. The van der Waals surface area contributed by atoms with E-state index in [1.807, 2.05) is 13.0 Å². The molecule has 1 amide bonds. The van der Waals surface area contributed by atoms with Gasteiger partial charge in [0.2, 0.25) is 5.91 Å². The Hall–Kier alpha value is -2.77. The van der Waals surface area contributed by atoms with Crippen LogP contribution in [0, 0.1) is 11.7 Å². The quantitative estimate of drug-likeness (QED) is 0.921. The molecule has 0 radical (unpaired) electrons. The number of carbonyl (C=O) groups excluding carboxylic acids is 1. The standard InChI is InChI=1S/C16H17FN4O3/c1-10-5-14(11-3-2-4-12(17)6-11)21(7-10)15(22)9-20-8-13(16(23)24)18-19-20/h2-4,6,8,10,14H,5,7,9H2,1H3,(H,23,24)/t10-,14-/m0/s1. The first kappa shape index (κ1) is 16.1. The van der Waals surface area contributed by atoms with Crippen molar-refractivity contribution in [2.45, 2.75) is 25.9 Å². The lowest BCUT2D eigenvalue weighted by Gasteiger charge is -2.25. The zero-order valence-electron chi connectivity index (χ0n) is 13.1. The molecule has 24 heavy (non-hydrogen) atoms. The van der Waals surface area contributed by atoms with Gasteiger partial charge in [0.1, 0.15) is 12.4 Å². The van der Waals surface area contributed by atoms with Crippen LogP contribution in [0.1, 0.15) is 35.4 Å². The van der Waals surface area contributed by atoms with Crippen molar-refractivity contribution in [3.8, 4) is 0 Å². The summed E-state index contributed by atoms with van der Waals surface area (Å²) in [4.78, 5) is 25.1. The number of amides is 1. The molecule has 126 valence electrons. The predicted molar refractivity (Wildman–Crippen MR) is 81.6 cm³/mol. The molecule has 1 saturated heterocycles. The SMILES string of the molecule is C[C@H]1C[C@@H](c2cccc(F)c2)N(C(=O)Cn2cc(C(=O)O)nn2)C1. The summed E-state index contributed by atoms with van der Waals surface area (Å²) in [7, 11) is 0. The van der Waals surface area contributed by atoms with Crippen molar-refractivity contribution in [3.63, 3.8) is 0 Å². The third kappa shape index (κ3) is 3.27. The summed E-state index contributed by atoms with van der Waals surface area (Å²) in [6.45, 7) is 2.51. The zero-order chi connectivity index (χ0) is 17.3. The number of aromatic nitrogens is 3. The number of rotatable bonds is 4. The van der Waals surface area contributed by atoms with Crippen LogP contribution in [0.3, 0.4) is 0 Å². The normalized spacial score (nSPS) is 20.3. The first-order valence-electron chi connectivity index (χ1n) is 7.62. The molecule has 0 bridgehead atoms. The van der Waals surface area contributed by atoms with Gasteiger partial charge in [-0.25, -0.2) is 13.9 Å². The molecule has 1 fully saturated rings. The molecule has 1 aliphatic rings. The van der Waals surface area contributed by atoms with E-state index in [-0.39, 0.29) is 30.0 Å². The Balaban J connectivity index is 1.77. The summed E-state index contributed by atoms with van der Waals surface area (Å²) < 4.78 is 14.7. The van der Waals surface area contributed by atoms with Crippen LogP contribution in [0.15, 0.2) is 30.5 Å². The Morgan fingerprint density at radius 3 is 2.88 bits per heavy atom. The van der Waals surface area contributed by atoms with Gasteiger partial charge >= 0.3 is 5.97 Å².